The van der Waals surface area contributed by atoms with Crippen LogP contribution in [0, 0.1) is 13.8 Å². The topological polar surface area (TPSA) is 54.3 Å². The minimum atomic E-state index is 0.156. The first-order valence-electron chi connectivity index (χ1n) is 10.1. The number of hydrogen-bond acceptors (Lipinski definition) is 4. The zero-order chi connectivity index (χ0) is 18.8. The number of aryl methyl sites for hydroxylation is 3. The van der Waals surface area contributed by atoms with Crippen molar-refractivity contribution in [2.24, 2.45) is 0 Å². The first-order valence-corrected chi connectivity index (χ1v) is 10.1. The van der Waals surface area contributed by atoms with Crippen molar-refractivity contribution in [3.05, 3.63) is 46.5 Å². The van der Waals surface area contributed by atoms with Crippen LogP contribution in [0.2, 0.25) is 0 Å². The Kier molecular flexibility index (Phi) is 5.25. The Balaban J connectivity index is 1.37. The molecule has 144 valence electrons. The molecule has 6 nitrogen and oxygen atoms in total. The largest absolute Gasteiger partial charge is 0.336 e. The second-order valence-electron chi connectivity index (χ2n) is 7.88. The van der Waals surface area contributed by atoms with Gasteiger partial charge in [-0.15, -0.1) is 10.2 Å². The van der Waals surface area contributed by atoms with Crippen LogP contribution in [0.15, 0.2) is 18.2 Å². The number of amides is 1. The Labute approximate surface area is 161 Å². The van der Waals surface area contributed by atoms with E-state index >= 15 is 0 Å². The Hall–Kier alpha value is -2.21. The Bertz CT molecular complexity index is 820. The van der Waals surface area contributed by atoms with E-state index in [2.05, 4.69) is 32.7 Å². The van der Waals surface area contributed by atoms with Gasteiger partial charge in [0.15, 0.2) is 0 Å². The molecule has 0 bridgehead atoms. The summed E-state index contributed by atoms with van der Waals surface area (Å²) < 4.78 is 2.32. The van der Waals surface area contributed by atoms with Crippen molar-refractivity contribution in [2.45, 2.75) is 52.6 Å². The van der Waals surface area contributed by atoms with Crippen LogP contribution in [-0.2, 0) is 19.5 Å². The average Bonchev–Trinajstić information content (AvgIpc) is 2.88. The van der Waals surface area contributed by atoms with Gasteiger partial charge in [-0.25, -0.2) is 0 Å². The molecule has 0 spiro atoms. The van der Waals surface area contributed by atoms with E-state index in [9.17, 15) is 4.79 Å². The smallest absolute Gasteiger partial charge is 0.254 e. The highest BCUT2D eigenvalue weighted by Crippen LogP contribution is 2.18. The van der Waals surface area contributed by atoms with E-state index in [4.69, 9.17) is 0 Å². The number of carbonyl (C=O) groups excluding carboxylic acids is 1. The predicted molar refractivity (Wildman–Crippen MR) is 105 cm³/mol. The van der Waals surface area contributed by atoms with Gasteiger partial charge in [-0.2, -0.15) is 0 Å². The number of hydrogen-bond donors (Lipinski definition) is 0. The number of rotatable bonds is 3. The zero-order valence-corrected chi connectivity index (χ0v) is 16.4. The van der Waals surface area contributed by atoms with E-state index in [-0.39, 0.29) is 5.91 Å². The number of piperazine rings is 1. The van der Waals surface area contributed by atoms with Gasteiger partial charge in [-0.05, 0) is 38.3 Å². The number of carbonyl (C=O) groups is 1. The van der Waals surface area contributed by atoms with Crippen molar-refractivity contribution in [3.63, 3.8) is 0 Å². The van der Waals surface area contributed by atoms with E-state index in [1.807, 2.05) is 24.0 Å². The third-order valence-corrected chi connectivity index (χ3v) is 5.82. The third-order valence-electron chi connectivity index (χ3n) is 5.82. The molecular weight excluding hydrogens is 338 g/mol. The summed E-state index contributed by atoms with van der Waals surface area (Å²) in [4.78, 5) is 17.2. The van der Waals surface area contributed by atoms with Gasteiger partial charge < -0.3 is 9.47 Å². The molecule has 6 heteroatoms. The molecule has 2 aliphatic heterocycles. The van der Waals surface area contributed by atoms with Crippen molar-refractivity contribution in [1.29, 1.82) is 0 Å². The van der Waals surface area contributed by atoms with Gasteiger partial charge in [-0.1, -0.05) is 24.1 Å². The summed E-state index contributed by atoms with van der Waals surface area (Å²) in [5.41, 5.74) is 3.09. The lowest BCUT2D eigenvalue weighted by Crippen LogP contribution is -2.48. The molecule has 1 fully saturated rings. The van der Waals surface area contributed by atoms with Gasteiger partial charge >= 0.3 is 0 Å². The molecule has 27 heavy (non-hydrogen) atoms. The van der Waals surface area contributed by atoms with Gasteiger partial charge in [0, 0.05) is 44.7 Å². The number of aromatic nitrogens is 3. The normalized spacial score (nSPS) is 18.2. The fourth-order valence-electron chi connectivity index (χ4n) is 4.20. The number of fused-ring (bicyclic) bond motifs is 1. The number of nitrogens with zero attached hydrogens (tertiary/aromatic N) is 5. The van der Waals surface area contributed by atoms with Gasteiger partial charge in [0.2, 0.25) is 0 Å². The van der Waals surface area contributed by atoms with Crippen LogP contribution in [0.5, 0.6) is 0 Å². The first-order chi connectivity index (χ1) is 13.1. The lowest BCUT2D eigenvalue weighted by Gasteiger charge is -2.34. The first kappa shape index (κ1) is 18.2. The molecule has 2 aromatic rings. The van der Waals surface area contributed by atoms with E-state index in [0.717, 1.165) is 68.5 Å². The quantitative estimate of drug-likeness (QED) is 0.837. The van der Waals surface area contributed by atoms with E-state index in [1.165, 1.54) is 24.8 Å². The van der Waals surface area contributed by atoms with Crippen molar-refractivity contribution < 1.29 is 4.79 Å². The summed E-state index contributed by atoms with van der Waals surface area (Å²) in [5, 5.41) is 8.85. The molecule has 1 aromatic heterocycles. The predicted octanol–water partition coefficient (Wildman–Crippen LogP) is 2.58. The molecule has 0 N–H and O–H groups in total. The minimum Gasteiger partial charge on any atom is -0.336 e. The maximum Gasteiger partial charge on any atom is 0.254 e. The lowest BCUT2D eigenvalue weighted by molar-refractivity contribution is 0.0623. The maximum absolute atomic E-state index is 12.9. The molecular formula is C21H29N5O. The summed E-state index contributed by atoms with van der Waals surface area (Å²) in [6.45, 7) is 9.28. The van der Waals surface area contributed by atoms with Crippen LogP contribution in [0.1, 0.15) is 52.4 Å². The molecule has 0 saturated carbocycles. The van der Waals surface area contributed by atoms with Crippen LogP contribution < -0.4 is 0 Å². The highest BCUT2D eigenvalue weighted by atomic mass is 16.2. The summed E-state index contributed by atoms with van der Waals surface area (Å²) in [7, 11) is 0. The second-order valence-corrected chi connectivity index (χ2v) is 7.88. The lowest BCUT2D eigenvalue weighted by atomic mass is 10.0. The van der Waals surface area contributed by atoms with Gasteiger partial charge in [0.1, 0.15) is 11.6 Å². The monoisotopic (exact) mass is 367 g/mol. The average molecular weight is 367 g/mol. The summed E-state index contributed by atoms with van der Waals surface area (Å²) >= 11 is 0. The summed E-state index contributed by atoms with van der Waals surface area (Å²) in [6.07, 6.45) is 4.76. The highest BCUT2D eigenvalue weighted by Gasteiger charge is 2.25. The molecule has 4 rings (SSSR count). The Morgan fingerprint density at radius 1 is 1.00 bits per heavy atom. The SMILES string of the molecule is Cc1ccc(C(=O)N2CCN(Cc3nnc4n3CCCCC4)CC2)c(C)c1. The molecule has 3 heterocycles. The fraction of sp³-hybridized carbons (Fsp3) is 0.571. The molecule has 1 saturated heterocycles. The van der Waals surface area contributed by atoms with Crippen molar-refractivity contribution in [2.75, 3.05) is 26.2 Å². The van der Waals surface area contributed by atoms with Crippen LogP contribution in [0.4, 0.5) is 0 Å². The third kappa shape index (κ3) is 3.90. The second kappa shape index (κ2) is 7.80. The molecule has 0 aliphatic carbocycles. The van der Waals surface area contributed by atoms with Crippen molar-refractivity contribution in [1.82, 2.24) is 24.6 Å². The van der Waals surface area contributed by atoms with E-state index in [1.54, 1.807) is 0 Å². The molecule has 0 atom stereocenters. The van der Waals surface area contributed by atoms with Gasteiger partial charge in [-0.3, -0.25) is 9.69 Å². The molecule has 2 aliphatic rings. The van der Waals surface area contributed by atoms with Crippen LogP contribution in [-0.4, -0.2) is 56.7 Å². The molecule has 0 radical (unpaired) electrons. The van der Waals surface area contributed by atoms with Gasteiger partial charge in [0.05, 0.1) is 6.54 Å². The van der Waals surface area contributed by atoms with Gasteiger partial charge in [0.25, 0.3) is 5.91 Å². The summed E-state index contributed by atoms with van der Waals surface area (Å²) in [6, 6.07) is 6.07. The van der Waals surface area contributed by atoms with Crippen LogP contribution in [0.25, 0.3) is 0 Å². The number of benzene rings is 1. The van der Waals surface area contributed by atoms with E-state index < -0.39 is 0 Å². The van der Waals surface area contributed by atoms with E-state index in [0.29, 0.717) is 0 Å². The van der Waals surface area contributed by atoms with Crippen molar-refractivity contribution >= 4 is 5.91 Å². The zero-order valence-electron chi connectivity index (χ0n) is 16.4. The standard InChI is InChI=1S/C21H29N5O/c1-16-7-8-18(17(2)14-16)21(27)25-12-10-24(11-13-25)15-20-23-22-19-6-4-3-5-9-26(19)20/h7-8,14H,3-6,9-13,15H2,1-2H3. The Morgan fingerprint density at radius 3 is 2.59 bits per heavy atom. The van der Waals surface area contributed by atoms with Crippen LogP contribution in [0.3, 0.4) is 0 Å². The Morgan fingerprint density at radius 2 is 1.81 bits per heavy atom. The molecule has 0 unspecified atom stereocenters. The minimum absolute atomic E-state index is 0.156. The fourth-order valence-corrected chi connectivity index (χ4v) is 4.20. The highest BCUT2D eigenvalue weighted by molar-refractivity contribution is 5.95. The summed E-state index contributed by atoms with van der Waals surface area (Å²) in [5.74, 6) is 2.38. The van der Waals surface area contributed by atoms with Crippen molar-refractivity contribution in [3.8, 4) is 0 Å². The molecule has 1 aromatic carbocycles. The van der Waals surface area contributed by atoms with Crippen LogP contribution >= 0.6 is 0 Å². The molecule has 1 amide bonds. The maximum atomic E-state index is 12.9.